The molecule has 0 saturated carbocycles. The predicted octanol–water partition coefficient (Wildman–Crippen LogP) is 1.73. The lowest BCUT2D eigenvalue weighted by molar-refractivity contribution is 0.111. The molecule has 0 aliphatic carbocycles. The van der Waals surface area contributed by atoms with Crippen molar-refractivity contribution in [3.8, 4) is 11.4 Å². The Morgan fingerprint density at radius 1 is 1.41 bits per heavy atom. The van der Waals surface area contributed by atoms with Crippen LogP contribution < -0.4 is 0 Å². The van der Waals surface area contributed by atoms with Gasteiger partial charge in [-0.05, 0) is 6.07 Å². The van der Waals surface area contributed by atoms with Crippen LogP contribution in [-0.2, 0) is 13.6 Å². The first-order valence-electron chi connectivity index (χ1n) is 6.25. The van der Waals surface area contributed by atoms with Crippen LogP contribution in [0.25, 0.3) is 11.4 Å². The SMILES string of the molecule is Cn1cnc(Cn2cc(C=O)nc2-c2cnc(Cl)c(F)c2)n1. The van der Waals surface area contributed by atoms with Crippen LogP contribution in [0.15, 0.2) is 24.8 Å². The molecule has 0 spiro atoms. The van der Waals surface area contributed by atoms with Crippen LogP contribution in [0, 0.1) is 5.82 Å². The van der Waals surface area contributed by atoms with Gasteiger partial charge in [0, 0.05) is 25.0 Å². The van der Waals surface area contributed by atoms with E-state index in [4.69, 9.17) is 11.6 Å². The van der Waals surface area contributed by atoms with Gasteiger partial charge in [-0.2, -0.15) is 5.10 Å². The van der Waals surface area contributed by atoms with Crippen LogP contribution >= 0.6 is 11.6 Å². The second-order valence-corrected chi connectivity index (χ2v) is 4.92. The first-order chi connectivity index (χ1) is 10.6. The van der Waals surface area contributed by atoms with Crippen LogP contribution in [0.1, 0.15) is 16.3 Å². The van der Waals surface area contributed by atoms with Crippen molar-refractivity contribution in [3.05, 3.63) is 47.3 Å². The second-order valence-electron chi connectivity index (χ2n) is 4.57. The van der Waals surface area contributed by atoms with Gasteiger partial charge in [0.2, 0.25) is 0 Å². The summed E-state index contributed by atoms with van der Waals surface area (Å²) in [4.78, 5) is 23.0. The van der Waals surface area contributed by atoms with Gasteiger partial charge in [-0.25, -0.2) is 19.3 Å². The first kappa shape index (κ1) is 14.3. The highest BCUT2D eigenvalue weighted by atomic mass is 35.5. The van der Waals surface area contributed by atoms with E-state index in [1.54, 1.807) is 28.8 Å². The molecule has 7 nitrogen and oxygen atoms in total. The van der Waals surface area contributed by atoms with Gasteiger partial charge in [0.1, 0.15) is 17.8 Å². The maximum absolute atomic E-state index is 13.6. The number of carbonyl (C=O) groups is 1. The van der Waals surface area contributed by atoms with E-state index in [1.165, 1.54) is 12.3 Å². The number of carbonyl (C=O) groups excluding carboxylic acids is 1. The number of imidazole rings is 1. The van der Waals surface area contributed by atoms with Crippen molar-refractivity contribution < 1.29 is 9.18 Å². The molecular formula is C13H10ClFN6O. The van der Waals surface area contributed by atoms with Crippen molar-refractivity contribution in [2.45, 2.75) is 6.54 Å². The Morgan fingerprint density at radius 3 is 2.86 bits per heavy atom. The lowest BCUT2D eigenvalue weighted by Gasteiger charge is -2.05. The smallest absolute Gasteiger partial charge is 0.170 e. The van der Waals surface area contributed by atoms with Gasteiger partial charge in [0.15, 0.2) is 23.1 Å². The molecule has 0 atom stereocenters. The minimum atomic E-state index is -0.655. The molecule has 0 aliphatic heterocycles. The highest BCUT2D eigenvalue weighted by Gasteiger charge is 2.14. The van der Waals surface area contributed by atoms with E-state index in [1.807, 2.05) is 0 Å². The second kappa shape index (κ2) is 5.64. The highest BCUT2D eigenvalue weighted by Crippen LogP contribution is 2.22. The number of pyridine rings is 1. The Kier molecular flexibility index (Phi) is 3.68. The fraction of sp³-hybridized carbons (Fsp3) is 0.154. The largest absolute Gasteiger partial charge is 0.322 e. The molecule has 0 radical (unpaired) electrons. The minimum Gasteiger partial charge on any atom is -0.322 e. The zero-order valence-electron chi connectivity index (χ0n) is 11.4. The molecule has 3 aromatic rings. The Hall–Kier alpha value is -2.61. The summed E-state index contributed by atoms with van der Waals surface area (Å²) in [5.74, 6) is 0.274. The summed E-state index contributed by atoms with van der Waals surface area (Å²) in [6.45, 7) is 0.293. The molecule has 0 aliphatic rings. The fourth-order valence-electron chi connectivity index (χ4n) is 2.00. The van der Waals surface area contributed by atoms with Crippen molar-refractivity contribution in [2.75, 3.05) is 0 Å². The topological polar surface area (TPSA) is 78.5 Å². The van der Waals surface area contributed by atoms with Crippen molar-refractivity contribution in [1.29, 1.82) is 0 Å². The molecule has 0 N–H and O–H groups in total. The number of nitrogens with zero attached hydrogens (tertiary/aromatic N) is 6. The third-order valence-corrected chi connectivity index (χ3v) is 3.21. The van der Waals surface area contributed by atoms with E-state index in [0.29, 0.717) is 30.0 Å². The summed E-state index contributed by atoms with van der Waals surface area (Å²) >= 11 is 5.58. The van der Waals surface area contributed by atoms with Crippen molar-refractivity contribution in [3.63, 3.8) is 0 Å². The molecule has 22 heavy (non-hydrogen) atoms. The Balaban J connectivity index is 2.04. The summed E-state index contributed by atoms with van der Waals surface area (Å²) in [5, 5.41) is 3.95. The van der Waals surface area contributed by atoms with E-state index in [9.17, 15) is 9.18 Å². The fourth-order valence-corrected chi connectivity index (χ4v) is 2.10. The van der Waals surface area contributed by atoms with Crippen molar-refractivity contribution in [2.24, 2.45) is 7.05 Å². The van der Waals surface area contributed by atoms with Gasteiger partial charge in [-0.3, -0.25) is 9.48 Å². The quantitative estimate of drug-likeness (QED) is 0.540. The van der Waals surface area contributed by atoms with Crippen molar-refractivity contribution in [1.82, 2.24) is 29.3 Å². The number of rotatable bonds is 4. The lowest BCUT2D eigenvalue weighted by atomic mass is 10.2. The third-order valence-electron chi connectivity index (χ3n) is 2.93. The molecule has 3 aromatic heterocycles. The molecule has 0 unspecified atom stereocenters. The maximum atomic E-state index is 13.6. The molecule has 0 aromatic carbocycles. The number of hydrogen-bond acceptors (Lipinski definition) is 5. The van der Waals surface area contributed by atoms with E-state index < -0.39 is 5.82 Å². The standard InChI is InChI=1S/C13H10ClFN6O/c1-20-7-17-11(19-20)5-21-4-9(6-22)18-13(21)8-2-10(15)12(14)16-3-8/h2-4,6-7H,5H2,1H3. The number of aldehydes is 1. The van der Waals surface area contributed by atoms with Crippen LogP contribution in [-0.4, -0.2) is 35.6 Å². The maximum Gasteiger partial charge on any atom is 0.170 e. The number of aromatic nitrogens is 6. The average Bonchev–Trinajstić information content (AvgIpc) is 3.09. The molecule has 0 saturated heterocycles. The molecule has 0 amide bonds. The number of aryl methyl sites for hydroxylation is 1. The van der Waals surface area contributed by atoms with Crippen LogP contribution in [0.5, 0.6) is 0 Å². The Labute approximate surface area is 129 Å². The Bertz CT molecular complexity index is 843. The van der Waals surface area contributed by atoms with Crippen LogP contribution in [0.3, 0.4) is 0 Å². The van der Waals surface area contributed by atoms with Gasteiger partial charge in [0.05, 0.1) is 6.54 Å². The monoisotopic (exact) mass is 320 g/mol. The molecule has 112 valence electrons. The summed E-state index contributed by atoms with van der Waals surface area (Å²) < 4.78 is 16.8. The highest BCUT2D eigenvalue weighted by molar-refractivity contribution is 6.29. The van der Waals surface area contributed by atoms with E-state index >= 15 is 0 Å². The summed E-state index contributed by atoms with van der Waals surface area (Å²) in [6.07, 6.45) is 5.12. The number of hydrogen-bond donors (Lipinski definition) is 0. The minimum absolute atomic E-state index is 0.219. The van der Waals surface area contributed by atoms with E-state index in [-0.39, 0.29) is 10.8 Å². The van der Waals surface area contributed by atoms with Gasteiger partial charge < -0.3 is 4.57 Å². The van der Waals surface area contributed by atoms with Gasteiger partial charge >= 0.3 is 0 Å². The van der Waals surface area contributed by atoms with Gasteiger partial charge in [-0.1, -0.05) is 11.6 Å². The van der Waals surface area contributed by atoms with Crippen LogP contribution in [0.4, 0.5) is 4.39 Å². The normalized spacial score (nSPS) is 10.9. The van der Waals surface area contributed by atoms with Crippen molar-refractivity contribution >= 4 is 17.9 Å². The summed E-state index contributed by atoms with van der Waals surface area (Å²) in [7, 11) is 1.75. The zero-order chi connectivity index (χ0) is 15.7. The molecule has 0 bridgehead atoms. The third kappa shape index (κ3) is 2.73. The molecule has 9 heteroatoms. The average molecular weight is 321 g/mol. The first-order valence-corrected chi connectivity index (χ1v) is 6.63. The zero-order valence-corrected chi connectivity index (χ0v) is 12.2. The predicted molar refractivity (Wildman–Crippen MR) is 75.9 cm³/mol. The lowest BCUT2D eigenvalue weighted by Crippen LogP contribution is -2.04. The molecule has 0 fully saturated rings. The van der Waals surface area contributed by atoms with Gasteiger partial charge in [0.25, 0.3) is 0 Å². The van der Waals surface area contributed by atoms with Crippen LogP contribution in [0.2, 0.25) is 5.15 Å². The molecule has 3 heterocycles. The number of halogens is 2. The Morgan fingerprint density at radius 2 is 2.23 bits per heavy atom. The van der Waals surface area contributed by atoms with Gasteiger partial charge in [-0.15, -0.1) is 0 Å². The van der Waals surface area contributed by atoms with E-state index in [0.717, 1.165) is 0 Å². The molecule has 3 rings (SSSR count). The van der Waals surface area contributed by atoms with E-state index in [2.05, 4.69) is 20.1 Å². The molecular weight excluding hydrogens is 311 g/mol. The summed E-state index contributed by atoms with van der Waals surface area (Å²) in [6, 6.07) is 1.22. The summed E-state index contributed by atoms with van der Waals surface area (Å²) in [5.41, 5.74) is 0.632.